The first-order chi connectivity index (χ1) is 16.3. The molecular formula is C22H23N9O3. The molecule has 0 saturated heterocycles. The molecule has 0 saturated carbocycles. The van der Waals surface area contributed by atoms with Gasteiger partial charge in [0.1, 0.15) is 0 Å². The number of amides is 3. The lowest BCUT2D eigenvalue weighted by molar-refractivity contribution is -0.119. The van der Waals surface area contributed by atoms with Gasteiger partial charge in [0, 0.05) is 54.5 Å². The predicted molar refractivity (Wildman–Crippen MR) is 124 cm³/mol. The van der Waals surface area contributed by atoms with E-state index in [4.69, 9.17) is 0 Å². The second-order valence-corrected chi connectivity index (χ2v) is 9.10. The minimum absolute atomic E-state index is 0.0288. The number of rotatable bonds is 3. The maximum absolute atomic E-state index is 12.2. The molecule has 2 aromatic heterocycles. The molecule has 174 valence electrons. The summed E-state index contributed by atoms with van der Waals surface area (Å²) in [5.74, 6) is 0.988. The maximum Gasteiger partial charge on any atom is 0.321 e. The van der Waals surface area contributed by atoms with Gasteiger partial charge >= 0.3 is 6.03 Å². The molecule has 0 fully saturated rings. The highest BCUT2D eigenvalue weighted by Gasteiger charge is 2.38. The number of fused-ring (bicyclic) bond motifs is 2. The smallest absolute Gasteiger partial charge is 0.321 e. The van der Waals surface area contributed by atoms with Crippen molar-refractivity contribution < 1.29 is 14.7 Å². The lowest BCUT2D eigenvalue weighted by Gasteiger charge is -2.36. The number of aliphatic hydroxyl groups excluding tert-OH is 1. The van der Waals surface area contributed by atoms with E-state index >= 15 is 0 Å². The predicted octanol–water partition coefficient (Wildman–Crippen LogP) is 1.19. The van der Waals surface area contributed by atoms with Crippen molar-refractivity contribution in [1.82, 2.24) is 30.2 Å². The number of carbonyl (C=O) groups is 2. The SMILES string of the molecule is CC1(C)C(=O)Nc2cc(Nc3nc4c(N5CCC6=C(C5)C(O)NC(=O)N6)nccn4n3)ccc21. The molecular weight excluding hydrogens is 438 g/mol. The number of benzene rings is 1. The second kappa shape index (κ2) is 7.15. The molecule has 5 heterocycles. The normalized spacial score (nSPS) is 21.0. The summed E-state index contributed by atoms with van der Waals surface area (Å²) in [6, 6.07) is 5.30. The van der Waals surface area contributed by atoms with E-state index < -0.39 is 17.7 Å². The zero-order valence-corrected chi connectivity index (χ0v) is 18.6. The van der Waals surface area contributed by atoms with Crippen molar-refractivity contribution >= 4 is 40.7 Å². The molecule has 12 heteroatoms. The van der Waals surface area contributed by atoms with Crippen LogP contribution < -0.4 is 26.2 Å². The van der Waals surface area contributed by atoms with Gasteiger partial charge in [-0.05, 0) is 31.5 Å². The molecule has 0 bridgehead atoms. The van der Waals surface area contributed by atoms with Gasteiger partial charge < -0.3 is 31.3 Å². The summed E-state index contributed by atoms with van der Waals surface area (Å²) in [5.41, 5.74) is 3.92. The van der Waals surface area contributed by atoms with E-state index in [-0.39, 0.29) is 5.91 Å². The van der Waals surface area contributed by atoms with Gasteiger partial charge in [0.15, 0.2) is 17.7 Å². The molecule has 3 aromatic rings. The molecule has 0 spiro atoms. The fourth-order valence-electron chi connectivity index (χ4n) is 4.63. The summed E-state index contributed by atoms with van der Waals surface area (Å²) < 4.78 is 1.64. The molecule has 0 aliphatic carbocycles. The van der Waals surface area contributed by atoms with Gasteiger partial charge in [-0.2, -0.15) is 4.98 Å². The van der Waals surface area contributed by atoms with E-state index in [1.165, 1.54) is 0 Å². The van der Waals surface area contributed by atoms with Crippen LogP contribution >= 0.6 is 0 Å². The fraction of sp³-hybridized carbons (Fsp3) is 0.318. The van der Waals surface area contributed by atoms with Gasteiger partial charge in [0.05, 0.1) is 5.41 Å². The van der Waals surface area contributed by atoms with E-state index in [0.29, 0.717) is 42.5 Å². The van der Waals surface area contributed by atoms with Crippen LogP contribution in [0.3, 0.4) is 0 Å². The number of nitrogens with one attached hydrogen (secondary N) is 4. The largest absolute Gasteiger partial charge is 0.370 e. The van der Waals surface area contributed by atoms with Crippen molar-refractivity contribution in [3.63, 3.8) is 0 Å². The Bertz CT molecular complexity index is 1390. The van der Waals surface area contributed by atoms with Crippen LogP contribution in [0.4, 0.5) is 27.9 Å². The zero-order valence-electron chi connectivity index (χ0n) is 18.6. The molecule has 1 atom stereocenters. The molecule has 6 rings (SSSR count). The van der Waals surface area contributed by atoms with Gasteiger partial charge in [-0.1, -0.05) is 6.07 Å². The topological polar surface area (TPSA) is 149 Å². The summed E-state index contributed by atoms with van der Waals surface area (Å²) in [7, 11) is 0. The number of hydrogen-bond donors (Lipinski definition) is 5. The van der Waals surface area contributed by atoms with E-state index in [9.17, 15) is 14.7 Å². The molecule has 3 aliphatic heterocycles. The maximum atomic E-state index is 12.2. The van der Waals surface area contributed by atoms with Crippen LogP contribution in [0, 0.1) is 0 Å². The molecule has 12 nitrogen and oxygen atoms in total. The van der Waals surface area contributed by atoms with Crippen LogP contribution in [0.15, 0.2) is 41.9 Å². The van der Waals surface area contributed by atoms with Crippen LogP contribution in [0.5, 0.6) is 0 Å². The Morgan fingerprint density at radius 2 is 2.09 bits per heavy atom. The standard InChI is InChI=1S/C22H23N9O3/c1-22(2)13-4-3-11(9-15(13)25-19(22)33)24-20-27-17-16(23-6-8-31(17)29-20)30-7-5-14-12(10-30)18(32)28-21(34)26-14/h3-4,6,8-9,18,32H,5,7,10H2,1-2H3,(H,24,29)(H,25,33)(H2,26,28,34). The van der Waals surface area contributed by atoms with Crippen LogP contribution in [0.25, 0.3) is 5.65 Å². The van der Waals surface area contributed by atoms with Gasteiger partial charge in [-0.25, -0.2) is 14.3 Å². The van der Waals surface area contributed by atoms with Crippen LogP contribution in [-0.2, 0) is 10.2 Å². The third-order valence-electron chi connectivity index (χ3n) is 6.54. The van der Waals surface area contributed by atoms with Crippen LogP contribution in [0.2, 0.25) is 0 Å². The average Bonchev–Trinajstić information content (AvgIpc) is 3.30. The molecule has 3 aliphatic rings. The number of aliphatic hydroxyl groups is 1. The summed E-state index contributed by atoms with van der Waals surface area (Å²) in [6.45, 7) is 4.80. The number of aromatic nitrogens is 4. The number of carbonyl (C=O) groups excluding carboxylic acids is 2. The minimum atomic E-state index is -1.04. The van der Waals surface area contributed by atoms with Crippen molar-refractivity contribution in [2.75, 3.05) is 28.6 Å². The van der Waals surface area contributed by atoms with Crippen molar-refractivity contribution in [2.24, 2.45) is 0 Å². The van der Waals surface area contributed by atoms with Crippen molar-refractivity contribution in [3.05, 3.63) is 47.4 Å². The average molecular weight is 461 g/mol. The highest BCUT2D eigenvalue weighted by atomic mass is 16.3. The molecule has 1 aromatic carbocycles. The van der Waals surface area contributed by atoms with E-state index in [2.05, 4.69) is 36.3 Å². The molecule has 1 unspecified atom stereocenters. The van der Waals surface area contributed by atoms with Gasteiger partial charge in [-0.3, -0.25) is 4.79 Å². The Hall–Kier alpha value is -4.19. The Labute approximate surface area is 194 Å². The molecule has 3 amide bonds. The lowest BCUT2D eigenvalue weighted by Crippen LogP contribution is -2.53. The summed E-state index contributed by atoms with van der Waals surface area (Å²) in [5, 5.41) is 26.2. The Morgan fingerprint density at radius 1 is 1.24 bits per heavy atom. The molecule has 5 N–H and O–H groups in total. The van der Waals surface area contributed by atoms with E-state index in [1.54, 1.807) is 16.9 Å². The summed E-state index contributed by atoms with van der Waals surface area (Å²) >= 11 is 0. The summed E-state index contributed by atoms with van der Waals surface area (Å²) in [6.07, 6.45) is 2.90. The van der Waals surface area contributed by atoms with Crippen molar-refractivity contribution in [1.29, 1.82) is 0 Å². The minimum Gasteiger partial charge on any atom is -0.370 e. The quantitative estimate of drug-likeness (QED) is 0.391. The highest BCUT2D eigenvalue weighted by molar-refractivity contribution is 6.06. The number of urea groups is 1. The Balaban J connectivity index is 1.28. The number of hydrogen-bond acceptors (Lipinski definition) is 8. The molecule has 34 heavy (non-hydrogen) atoms. The van der Waals surface area contributed by atoms with E-state index in [0.717, 1.165) is 22.6 Å². The fourth-order valence-corrected chi connectivity index (χ4v) is 4.63. The van der Waals surface area contributed by atoms with Crippen molar-refractivity contribution in [2.45, 2.75) is 31.9 Å². The zero-order chi connectivity index (χ0) is 23.6. The van der Waals surface area contributed by atoms with Crippen LogP contribution in [0.1, 0.15) is 25.8 Å². The first-order valence-electron chi connectivity index (χ1n) is 11.0. The van der Waals surface area contributed by atoms with Crippen molar-refractivity contribution in [3.8, 4) is 0 Å². The van der Waals surface area contributed by atoms with Gasteiger partial charge in [0.2, 0.25) is 11.9 Å². The lowest BCUT2D eigenvalue weighted by atomic mass is 9.86. The highest BCUT2D eigenvalue weighted by Crippen LogP contribution is 2.39. The first kappa shape index (κ1) is 20.4. The number of nitrogens with zero attached hydrogens (tertiary/aromatic N) is 5. The monoisotopic (exact) mass is 461 g/mol. The number of anilines is 4. The Kier molecular flexibility index (Phi) is 4.30. The van der Waals surface area contributed by atoms with Gasteiger partial charge in [-0.15, -0.1) is 5.10 Å². The van der Waals surface area contributed by atoms with Crippen LogP contribution in [-0.4, -0.2) is 55.9 Å². The Morgan fingerprint density at radius 3 is 2.94 bits per heavy atom. The second-order valence-electron chi connectivity index (χ2n) is 9.10. The van der Waals surface area contributed by atoms with Gasteiger partial charge in [0.25, 0.3) is 0 Å². The third-order valence-corrected chi connectivity index (χ3v) is 6.54. The first-order valence-corrected chi connectivity index (χ1v) is 11.0. The van der Waals surface area contributed by atoms with E-state index in [1.807, 2.05) is 36.9 Å². The third kappa shape index (κ3) is 3.14. The molecule has 0 radical (unpaired) electrons. The summed E-state index contributed by atoms with van der Waals surface area (Å²) in [4.78, 5) is 35.0.